The van der Waals surface area contributed by atoms with Crippen molar-refractivity contribution >= 4 is 34.3 Å². The molecule has 0 radical (unpaired) electrons. The van der Waals surface area contributed by atoms with Gasteiger partial charge in [-0.1, -0.05) is 11.2 Å². The van der Waals surface area contributed by atoms with Gasteiger partial charge in [0.25, 0.3) is 0 Å². The first-order chi connectivity index (χ1) is 10.1. The molecule has 1 aliphatic heterocycles. The van der Waals surface area contributed by atoms with E-state index in [0.717, 1.165) is 6.42 Å². The maximum absolute atomic E-state index is 12.7. The fourth-order valence-corrected chi connectivity index (χ4v) is 4.17. The molecule has 8 heteroatoms. The average molecular weight is 405 g/mol. The van der Waals surface area contributed by atoms with Gasteiger partial charge in [-0.25, -0.2) is 0 Å². The number of methoxy groups -OCH3 is 1. The van der Waals surface area contributed by atoms with Crippen LogP contribution in [-0.4, -0.2) is 38.6 Å². The first kappa shape index (κ1) is 16.3. The number of rotatable bonds is 4. The number of nitrogens with zero attached hydrogens (tertiary/aromatic N) is 3. The minimum Gasteiger partial charge on any atom is -0.468 e. The number of halogens is 1. The van der Waals surface area contributed by atoms with E-state index in [2.05, 4.69) is 10.0 Å². The minimum atomic E-state index is -1.31. The van der Waals surface area contributed by atoms with E-state index in [1.54, 1.807) is 0 Å². The Hall–Kier alpha value is -1.12. The number of carbonyl (C=O) groups excluding carboxylic acids is 2. The predicted molar refractivity (Wildman–Crippen MR) is 82.6 cm³/mol. The Bertz CT molecular complexity index is 530. The van der Waals surface area contributed by atoms with E-state index in [4.69, 9.17) is 15.0 Å². The number of azide groups is 1. The zero-order chi connectivity index (χ0) is 15.5. The summed E-state index contributed by atoms with van der Waals surface area (Å²) >= 11 is 1.97. The summed E-state index contributed by atoms with van der Waals surface area (Å²) in [6.07, 6.45) is 3.10. The number of hydrogen-bond acceptors (Lipinski definition) is 5. The quantitative estimate of drug-likeness (QED) is 0.179. The van der Waals surface area contributed by atoms with Gasteiger partial charge in [-0.15, -0.1) is 0 Å². The lowest BCUT2D eigenvalue weighted by molar-refractivity contribution is -0.166. The van der Waals surface area contributed by atoms with Crippen molar-refractivity contribution in [2.75, 3.05) is 26.9 Å². The van der Waals surface area contributed by atoms with Gasteiger partial charge < -0.3 is 9.47 Å². The second-order valence-electron chi connectivity index (χ2n) is 5.16. The van der Waals surface area contributed by atoms with Crippen molar-refractivity contribution < 1.29 is 19.1 Å². The van der Waals surface area contributed by atoms with Gasteiger partial charge in [0.15, 0.2) is 11.2 Å². The summed E-state index contributed by atoms with van der Waals surface area (Å²) in [7, 11) is 1.28. The highest BCUT2D eigenvalue weighted by Gasteiger charge is 2.58. The summed E-state index contributed by atoms with van der Waals surface area (Å²) in [4.78, 5) is 27.8. The van der Waals surface area contributed by atoms with Crippen molar-refractivity contribution in [3.05, 3.63) is 20.1 Å². The zero-order valence-electron chi connectivity index (χ0n) is 11.6. The summed E-state index contributed by atoms with van der Waals surface area (Å²) < 4.78 is 11.0. The van der Waals surface area contributed by atoms with E-state index >= 15 is 0 Å². The van der Waals surface area contributed by atoms with Gasteiger partial charge >= 0.3 is 5.97 Å². The minimum absolute atomic E-state index is 0.0241. The van der Waals surface area contributed by atoms with E-state index in [9.17, 15) is 9.59 Å². The highest BCUT2D eigenvalue weighted by Crippen LogP contribution is 2.48. The summed E-state index contributed by atoms with van der Waals surface area (Å²) in [5.41, 5.74) is 7.12. The second-order valence-corrected chi connectivity index (χ2v) is 6.32. The molecule has 0 amide bonds. The van der Waals surface area contributed by atoms with E-state index in [1.807, 2.05) is 28.7 Å². The Morgan fingerprint density at radius 3 is 3.14 bits per heavy atom. The van der Waals surface area contributed by atoms with Crippen molar-refractivity contribution in [1.29, 1.82) is 0 Å². The molecule has 3 atom stereocenters. The fourth-order valence-electron chi connectivity index (χ4n) is 3.22. The van der Waals surface area contributed by atoms with Gasteiger partial charge in [0.2, 0.25) is 0 Å². The molecule has 7 nitrogen and oxygen atoms in total. The summed E-state index contributed by atoms with van der Waals surface area (Å²) in [6.45, 7) is 0.763. The first-order valence-corrected chi connectivity index (χ1v) is 7.75. The highest BCUT2D eigenvalue weighted by molar-refractivity contribution is 14.1. The molecule has 1 aliphatic carbocycles. The van der Waals surface area contributed by atoms with Crippen LogP contribution in [0.25, 0.3) is 10.4 Å². The molecule has 1 saturated heterocycles. The molecular formula is C13H16IN3O4. The number of Topliss-reactive ketones (excluding diaryl/α,β-unsaturated/α-hetero) is 1. The number of ketones is 1. The normalized spacial score (nSPS) is 31.7. The predicted octanol–water partition coefficient (Wildman–Crippen LogP) is 2.40. The van der Waals surface area contributed by atoms with Crippen LogP contribution in [0.2, 0.25) is 0 Å². The summed E-state index contributed by atoms with van der Waals surface area (Å²) in [6, 6.07) is 0. The van der Waals surface area contributed by atoms with Crippen molar-refractivity contribution in [3.8, 4) is 0 Å². The standard InChI is InChI=1S/C13H16IN3O4/c1-20-12(19)13-7-21-5-3-8(6-10(14)11(13)18)9(13)2-4-16-17-15/h6,8-9H,2-5,7H2,1H3. The van der Waals surface area contributed by atoms with Crippen LogP contribution in [0.5, 0.6) is 0 Å². The third-order valence-corrected chi connectivity index (χ3v) is 5.06. The van der Waals surface area contributed by atoms with Gasteiger partial charge in [-0.2, -0.15) is 0 Å². The molecule has 0 N–H and O–H groups in total. The highest BCUT2D eigenvalue weighted by atomic mass is 127. The molecule has 1 fully saturated rings. The Morgan fingerprint density at radius 1 is 1.71 bits per heavy atom. The number of esters is 1. The van der Waals surface area contributed by atoms with E-state index in [1.165, 1.54) is 7.11 Å². The van der Waals surface area contributed by atoms with Crippen molar-refractivity contribution in [2.45, 2.75) is 12.8 Å². The largest absolute Gasteiger partial charge is 0.468 e. The average Bonchev–Trinajstić information content (AvgIpc) is 2.62. The Morgan fingerprint density at radius 2 is 2.48 bits per heavy atom. The maximum Gasteiger partial charge on any atom is 0.322 e. The van der Waals surface area contributed by atoms with Gasteiger partial charge in [0, 0.05) is 18.1 Å². The number of fused-ring (bicyclic) bond motifs is 2. The van der Waals surface area contributed by atoms with Crippen molar-refractivity contribution in [2.24, 2.45) is 22.4 Å². The van der Waals surface area contributed by atoms with Crippen molar-refractivity contribution in [1.82, 2.24) is 0 Å². The Labute approximate surface area is 135 Å². The van der Waals surface area contributed by atoms with Gasteiger partial charge in [0.05, 0.1) is 17.3 Å². The summed E-state index contributed by atoms with van der Waals surface area (Å²) in [5.74, 6) is -1.03. The number of allylic oxidation sites excluding steroid dienone is 2. The number of ether oxygens (including phenoxy) is 2. The molecule has 1 heterocycles. The van der Waals surface area contributed by atoms with Gasteiger partial charge in [0.1, 0.15) is 0 Å². The third-order valence-electron chi connectivity index (χ3n) is 4.21. The molecule has 0 aromatic heterocycles. The molecule has 3 unspecified atom stereocenters. The van der Waals surface area contributed by atoms with Crippen LogP contribution in [0.15, 0.2) is 14.8 Å². The van der Waals surface area contributed by atoms with Crippen LogP contribution in [0.1, 0.15) is 12.8 Å². The van der Waals surface area contributed by atoms with Crippen molar-refractivity contribution in [3.63, 3.8) is 0 Å². The molecule has 0 spiro atoms. The van der Waals surface area contributed by atoms with Gasteiger partial charge in [-0.05, 0) is 52.8 Å². The second kappa shape index (κ2) is 6.76. The van der Waals surface area contributed by atoms with E-state index in [-0.39, 0.29) is 30.8 Å². The molecule has 2 rings (SSSR count). The molecule has 2 bridgehead atoms. The van der Waals surface area contributed by atoms with Crippen LogP contribution in [0, 0.1) is 17.3 Å². The van der Waals surface area contributed by atoms with Crippen LogP contribution in [-0.2, 0) is 19.1 Å². The lowest BCUT2D eigenvalue weighted by Crippen LogP contribution is -2.53. The van der Waals surface area contributed by atoms with Crippen LogP contribution in [0.4, 0.5) is 0 Å². The molecular weight excluding hydrogens is 389 g/mol. The van der Waals surface area contributed by atoms with Crippen LogP contribution in [0.3, 0.4) is 0 Å². The summed E-state index contributed by atoms with van der Waals surface area (Å²) in [5, 5.41) is 3.54. The molecule has 0 aromatic carbocycles. The molecule has 2 aliphatic rings. The van der Waals surface area contributed by atoms with Crippen LogP contribution < -0.4 is 0 Å². The van der Waals surface area contributed by atoms with Crippen LogP contribution >= 0.6 is 22.6 Å². The third kappa shape index (κ3) is 2.79. The topological polar surface area (TPSA) is 101 Å². The smallest absolute Gasteiger partial charge is 0.322 e. The maximum atomic E-state index is 12.7. The Kier molecular flexibility index (Phi) is 5.23. The number of hydrogen-bond donors (Lipinski definition) is 0. The molecule has 114 valence electrons. The number of carbonyl (C=O) groups is 2. The molecule has 21 heavy (non-hydrogen) atoms. The van der Waals surface area contributed by atoms with E-state index < -0.39 is 11.4 Å². The zero-order valence-corrected chi connectivity index (χ0v) is 13.8. The first-order valence-electron chi connectivity index (χ1n) is 6.67. The lowest BCUT2D eigenvalue weighted by Gasteiger charge is -2.40. The fraction of sp³-hybridized carbons (Fsp3) is 0.692. The monoisotopic (exact) mass is 405 g/mol. The molecule has 0 saturated carbocycles. The Balaban J connectivity index is 2.47. The molecule has 0 aromatic rings. The SMILES string of the molecule is COC(=O)C12COCCC(C=C(I)C1=O)C2CCN=[N+]=[N-]. The lowest BCUT2D eigenvalue weighted by atomic mass is 9.62. The van der Waals surface area contributed by atoms with Gasteiger partial charge in [-0.3, -0.25) is 9.59 Å². The van der Waals surface area contributed by atoms with E-state index in [0.29, 0.717) is 16.6 Å².